The van der Waals surface area contributed by atoms with Crippen LogP contribution in [0.3, 0.4) is 0 Å². The molecule has 1 spiro atoms. The minimum Gasteiger partial charge on any atom is -0.494 e. The van der Waals surface area contributed by atoms with Crippen LogP contribution in [0, 0.1) is 17.8 Å². The number of halogens is 1. The summed E-state index contributed by atoms with van der Waals surface area (Å²) in [5, 5.41) is 17.1. The van der Waals surface area contributed by atoms with Crippen molar-refractivity contribution in [1.82, 2.24) is 4.90 Å². The molecule has 2 bridgehead atoms. The molecule has 3 aromatic carbocycles. The first kappa shape index (κ1) is 31.1. The van der Waals surface area contributed by atoms with E-state index in [2.05, 4.69) is 10.6 Å². The fourth-order valence-electron chi connectivity index (χ4n) is 7.67. The summed E-state index contributed by atoms with van der Waals surface area (Å²) in [6.07, 6.45) is 0.734. The van der Waals surface area contributed by atoms with Crippen LogP contribution in [0.2, 0.25) is 5.02 Å². The van der Waals surface area contributed by atoms with Crippen LogP contribution in [0.25, 0.3) is 0 Å². The second-order valence-electron chi connectivity index (χ2n) is 12.4. The topological polar surface area (TPSA) is 117 Å². The van der Waals surface area contributed by atoms with Gasteiger partial charge in [-0.1, -0.05) is 48.9 Å². The van der Waals surface area contributed by atoms with Crippen LogP contribution in [-0.4, -0.2) is 64.2 Å². The van der Waals surface area contributed by atoms with Gasteiger partial charge in [-0.15, -0.1) is 0 Å². The van der Waals surface area contributed by atoms with E-state index < -0.39 is 41.0 Å². The predicted molar refractivity (Wildman–Crippen MR) is 171 cm³/mol. The average molecular weight is 632 g/mol. The molecule has 45 heavy (non-hydrogen) atoms. The van der Waals surface area contributed by atoms with Gasteiger partial charge < -0.3 is 30.1 Å². The Hall–Kier alpha value is -3.92. The maximum atomic E-state index is 14.6. The van der Waals surface area contributed by atoms with E-state index in [0.29, 0.717) is 41.6 Å². The fourth-order valence-corrected chi connectivity index (χ4v) is 7.80. The van der Waals surface area contributed by atoms with Gasteiger partial charge in [-0.3, -0.25) is 14.4 Å². The van der Waals surface area contributed by atoms with Crippen molar-refractivity contribution in [2.75, 3.05) is 23.8 Å². The van der Waals surface area contributed by atoms with Gasteiger partial charge in [0.05, 0.1) is 36.7 Å². The second kappa shape index (κ2) is 12.1. The minimum absolute atomic E-state index is 0.134. The third kappa shape index (κ3) is 5.37. The fraction of sp³-hybridized carbons (Fsp3) is 0.400. The molecule has 0 saturated carbocycles. The van der Waals surface area contributed by atoms with Crippen molar-refractivity contribution in [3.8, 4) is 5.75 Å². The first-order valence-electron chi connectivity index (χ1n) is 15.4. The van der Waals surface area contributed by atoms with E-state index in [4.69, 9.17) is 21.1 Å². The summed E-state index contributed by atoms with van der Waals surface area (Å²) in [4.78, 5) is 44.6. The Labute approximate surface area is 267 Å². The number of anilines is 2. The summed E-state index contributed by atoms with van der Waals surface area (Å²) < 4.78 is 12.4. The Kier molecular flexibility index (Phi) is 8.37. The second-order valence-corrected chi connectivity index (χ2v) is 12.9. The molecule has 6 rings (SSSR count). The molecule has 3 N–H and O–H groups in total. The average Bonchev–Trinajstić information content (AvgIpc) is 3.55. The van der Waals surface area contributed by atoms with Crippen molar-refractivity contribution in [2.24, 2.45) is 17.8 Å². The van der Waals surface area contributed by atoms with Gasteiger partial charge >= 0.3 is 0 Å². The summed E-state index contributed by atoms with van der Waals surface area (Å²) in [7, 11) is 0. The van der Waals surface area contributed by atoms with Crippen LogP contribution >= 0.6 is 11.6 Å². The Morgan fingerprint density at radius 1 is 1.02 bits per heavy atom. The molecule has 3 unspecified atom stereocenters. The lowest BCUT2D eigenvalue weighted by molar-refractivity contribution is -0.147. The number of carbonyl (C=O) groups is 3. The molecule has 3 aromatic rings. The number of nitrogens with zero attached hydrogens (tertiary/aromatic N) is 1. The maximum Gasteiger partial charge on any atom is 0.250 e. The predicted octanol–water partition coefficient (Wildman–Crippen LogP) is 4.93. The van der Waals surface area contributed by atoms with Gasteiger partial charge in [0.15, 0.2) is 0 Å². The highest BCUT2D eigenvalue weighted by Crippen LogP contribution is 2.65. The Bertz CT molecular complexity index is 1570. The summed E-state index contributed by atoms with van der Waals surface area (Å²) in [6, 6.07) is 21.5. The number of aliphatic hydroxyl groups excluding tert-OH is 1. The summed E-state index contributed by atoms with van der Waals surface area (Å²) in [6.45, 7) is 5.91. The van der Waals surface area contributed by atoms with Crippen LogP contribution in [0.5, 0.6) is 5.75 Å². The lowest BCUT2D eigenvalue weighted by atomic mass is 9.62. The first-order chi connectivity index (χ1) is 21.6. The third-order valence-corrected chi connectivity index (χ3v) is 10.00. The van der Waals surface area contributed by atoms with Crippen LogP contribution < -0.4 is 15.4 Å². The number of benzene rings is 3. The third-order valence-electron chi connectivity index (χ3n) is 9.75. The standard InChI is InChI=1S/C35H38ClN3O6/c1-4-44-27-16-14-25(15-17-27)37-31(41)28-29-33(43)39(26(20-40)18-22-8-6-5-7-9-22)30(35(29)19-21(2)34(28,3)45-35)32(42)38-24-12-10-23(36)11-13-24/h5-17,21,26,28-30,40H,4,18-20H2,1-3H3,(H,37,41)(H,38,42)/t21?,26-,28+,29+,30?,34-,35?/m1/s1. The van der Waals surface area contributed by atoms with E-state index in [-0.39, 0.29) is 24.3 Å². The molecule has 3 aliphatic heterocycles. The molecule has 0 aromatic heterocycles. The van der Waals surface area contributed by atoms with Gasteiger partial charge in [-0.2, -0.15) is 0 Å². The van der Waals surface area contributed by atoms with Crippen molar-refractivity contribution in [1.29, 1.82) is 0 Å². The minimum atomic E-state index is -1.27. The lowest BCUT2D eigenvalue weighted by Crippen LogP contribution is -2.57. The Morgan fingerprint density at radius 2 is 1.64 bits per heavy atom. The van der Waals surface area contributed by atoms with Crippen LogP contribution in [0.1, 0.15) is 32.8 Å². The largest absolute Gasteiger partial charge is 0.494 e. The summed E-state index contributed by atoms with van der Waals surface area (Å²) in [5.74, 6) is -2.41. The number of rotatable bonds is 10. The summed E-state index contributed by atoms with van der Waals surface area (Å²) >= 11 is 6.08. The number of hydrogen-bond acceptors (Lipinski definition) is 6. The normalized spacial score (nSPS) is 28.9. The SMILES string of the molecule is CCOc1ccc(NC(=O)[C@@H]2[C@H]3C(=O)N([C@@H](CO)Cc4ccccc4)C(C(=O)Nc4ccc(Cl)cc4)C34CC(C)[C@@]2(C)O4)cc1. The highest BCUT2D eigenvalue weighted by atomic mass is 35.5. The molecule has 3 aliphatic rings. The molecule has 10 heteroatoms. The van der Waals surface area contributed by atoms with Crippen molar-refractivity contribution < 1.29 is 29.0 Å². The number of aliphatic hydroxyl groups is 1. The zero-order valence-electron chi connectivity index (χ0n) is 25.5. The maximum absolute atomic E-state index is 14.6. The van der Waals surface area contributed by atoms with Gasteiger partial charge in [0.2, 0.25) is 17.7 Å². The van der Waals surface area contributed by atoms with Crippen molar-refractivity contribution in [3.05, 3.63) is 89.4 Å². The Balaban J connectivity index is 1.38. The van der Waals surface area contributed by atoms with Crippen LogP contribution in [0.4, 0.5) is 11.4 Å². The number of hydrogen-bond donors (Lipinski definition) is 3. The first-order valence-corrected chi connectivity index (χ1v) is 15.8. The molecule has 236 valence electrons. The van der Waals surface area contributed by atoms with Crippen LogP contribution in [0.15, 0.2) is 78.9 Å². The van der Waals surface area contributed by atoms with E-state index in [0.717, 1.165) is 5.56 Å². The molecular formula is C35H38ClN3O6. The quantitative estimate of drug-likeness (QED) is 0.292. The molecule has 0 radical (unpaired) electrons. The highest BCUT2D eigenvalue weighted by Gasteiger charge is 2.80. The Morgan fingerprint density at radius 3 is 2.27 bits per heavy atom. The van der Waals surface area contributed by atoms with E-state index in [9.17, 15) is 19.5 Å². The molecule has 0 aliphatic carbocycles. The molecule has 3 saturated heterocycles. The molecule has 7 atom stereocenters. The highest BCUT2D eigenvalue weighted by molar-refractivity contribution is 6.30. The van der Waals surface area contributed by atoms with Crippen molar-refractivity contribution >= 4 is 40.7 Å². The molecular weight excluding hydrogens is 594 g/mol. The number of fused-ring (bicyclic) bond motifs is 1. The number of nitrogens with one attached hydrogen (secondary N) is 2. The van der Waals surface area contributed by atoms with E-state index in [1.165, 1.54) is 4.90 Å². The van der Waals surface area contributed by atoms with E-state index in [1.54, 1.807) is 48.5 Å². The summed E-state index contributed by atoms with van der Waals surface area (Å²) in [5.41, 5.74) is -0.280. The van der Waals surface area contributed by atoms with Gasteiger partial charge in [0, 0.05) is 16.4 Å². The van der Waals surface area contributed by atoms with Gasteiger partial charge in [-0.25, -0.2) is 0 Å². The number of amides is 3. The molecule has 9 nitrogen and oxygen atoms in total. The number of carbonyl (C=O) groups excluding carboxylic acids is 3. The zero-order chi connectivity index (χ0) is 31.9. The molecule has 3 amide bonds. The van der Waals surface area contributed by atoms with Crippen LogP contribution in [-0.2, 0) is 25.5 Å². The van der Waals surface area contributed by atoms with Gasteiger partial charge in [0.25, 0.3) is 0 Å². The van der Waals surface area contributed by atoms with Gasteiger partial charge in [0.1, 0.15) is 17.4 Å². The van der Waals surface area contributed by atoms with Gasteiger partial charge in [-0.05, 0) is 86.7 Å². The van der Waals surface area contributed by atoms with E-state index in [1.807, 2.05) is 51.1 Å². The zero-order valence-corrected chi connectivity index (χ0v) is 26.3. The lowest BCUT2D eigenvalue weighted by Gasteiger charge is -2.37. The number of ether oxygens (including phenoxy) is 2. The smallest absolute Gasteiger partial charge is 0.250 e. The molecule has 3 heterocycles. The van der Waals surface area contributed by atoms with Crippen molar-refractivity contribution in [3.63, 3.8) is 0 Å². The van der Waals surface area contributed by atoms with E-state index >= 15 is 0 Å². The monoisotopic (exact) mass is 631 g/mol. The number of likely N-dealkylation sites (tertiary alicyclic amines) is 1. The van der Waals surface area contributed by atoms with Crippen molar-refractivity contribution in [2.45, 2.75) is 56.9 Å². The molecule has 3 fully saturated rings.